The largest absolute Gasteiger partial charge is 0.351 e. The van der Waals surface area contributed by atoms with Gasteiger partial charge in [-0.3, -0.25) is 9.59 Å². The fourth-order valence-electron chi connectivity index (χ4n) is 3.07. The fourth-order valence-corrected chi connectivity index (χ4v) is 3.07. The number of hydrogen-bond acceptors (Lipinski definition) is 3. The van der Waals surface area contributed by atoms with E-state index in [2.05, 4.69) is 10.6 Å². The summed E-state index contributed by atoms with van der Waals surface area (Å²) in [6.45, 7) is 2.94. The number of primary amides is 1. The number of carbonyl (C=O) groups is 3. The van der Waals surface area contributed by atoms with Gasteiger partial charge in [0.2, 0.25) is 11.8 Å². The summed E-state index contributed by atoms with van der Waals surface area (Å²) in [5, 5.41) is 5.40. The van der Waals surface area contributed by atoms with Crippen LogP contribution in [0.15, 0.2) is 24.3 Å². The third kappa shape index (κ3) is 5.48. The molecule has 1 saturated heterocycles. The Morgan fingerprint density at radius 1 is 1.28 bits per heavy atom. The summed E-state index contributed by atoms with van der Waals surface area (Å²) < 4.78 is 0. The lowest BCUT2D eigenvalue weighted by Crippen LogP contribution is -2.51. The van der Waals surface area contributed by atoms with Gasteiger partial charge >= 0.3 is 6.03 Å². The molecule has 1 fully saturated rings. The van der Waals surface area contributed by atoms with Crippen LogP contribution < -0.4 is 16.4 Å². The quantitative estimate of drug-likeness (QED) is 0.733. The lowest BCUT2D eigenvalue weighted by Gasteiger charge is -2.34. The van der Waals surface area contributed by atoms with Crippen LogP contribution >= 0.6 is 0 Å². The molecule has 1 aliphatic heterocycles. The molecule has 0 aliphatic carbocycles. The summed E-state index contributed by atoms with van der Waals surface area (Å²) in [6, 6.07) is 6.10. The van der Waals surface area contributed by atoms with E-state index in [-0.39, 0.29) is 17.9 Å². The molecule has 7 nitrogen and oxygen atoms in total. The molecule has 2 rings (SSSR count). The Morgan fingerprint density at radius 3 is 2.80 bits per heavy atom. The van der Waals surface area contributed by atoms with E-state index in [1.54, 1.807) is 23.1 Å². The number of nitrogens with one attached hydrogen (secondary N) is 2. The molecule has 0 spiro atoms. The minimum absolute atomic E-state index is 0.0509. The maximum Gasteiger partial charge on any atom is 0.316 e. The molecule has 4 N–H and O–H groups in total. The Morgan fingerprint density at radius 2 is 2.08 bits per heavy atom. The first-order valence-electron chi connectivity index (χ1n) is 8.74. The number of carbonyl (C=O) groups excluding carboxylic acids is 3. The highest BCUT2D eigenvalue weighted by molar-refractivity contribution is 5.88. The molecular weight excluding hydrogens is 320 g/mol. The topological polar surface area (TPSA) is 105 Å². The summed E-state index contributed by atoms with van der Waals surface area (Å²) in [7, 11) is 0. The number of urea groups is 1. The molecule has 4 amide bonds. The van der Waals surface area contributed by atoms with Crippen LogP contribution in [0.5, 0.6) is 0 Å². The number of nitrogens with zero attached hydrogens (tertiary/aromatic N) is 1. The van der Waals surface area contributed by atoms with E-state index >= 15 is 0 Å². The smallest absolute Gasteiger partial charge is 0.316 e. The molecule has 1 aromatic rings. The first-order valence-corrected chi connectivity index (χ1v) is 8.74. The van der Waals surface area contributed by atoms with Gasteiger partial charge in [-0.2, -0.15) is 0 Å². The van der Waals surface area contributed by atoms with Gasteiger partial charge < -0.3 is 21.3 Å². The molecule has 0 aromatic heterocycles. The molecular formula is C18H26N4O3. The molecule has 0 radical (unpaired) electrons. The Hall–Kier alpha value is -2.57. The summed E-state index contributed by atoms with van der Waals surface area (Å²) in [4.78, 5) is 37.4. The zero-order chi connectivity index (χ0) is 18.2. The van der Waals surface area contributed by atoms with Gasteiger partial charge in [-0.25, -0.2) is 4.79 Å². The number of amides is 4. The third-order valence-electron chi connectivity index (χ3n) is 4.25. The normalized spacial score (nSPS) is 17.0. The van der Waals surface area contributed by atoms with E-state index < -0.39 is 6.03 Å². The van der Waals surface area contributed by atoms with Crippen molar-refractivity contribution in [3.63, 3.8) is 0 Å². The summed E-state index contributed by atoms with van der Waals surface area (Å²) in [5.41, 5.74) is 6.53. The van der Waals surface area contributed by atoms with Gasteiger partial charge in [0.25, 0.3) is 0 Å². The predicted molar refractivity (Wildman–Crippen MR) is 95.8 cm³/mol. The van der Waals surface area contributed by atoms with E-state index in [0.717, 1.165) is 24.8 Å². The molecule has 0 saturated carbocycles. The van der Waals surface area contributed by atoms with Crippen LogP contribution in [0.3, 0.4) is 0 Å². The fraction of sp³-hybridized carbons (Fsp3) is 0.500. The minimum Gasteiger partial charge on any atom is -0.351 e. The van der Waals surface area contributed by atoms with Crippen molar-refractivity contribution in [1.82, 2.24) is 10.2 Å². The van der Waals surface area contributed by atoms with E-state index in [9.17, 15) is 14.4 Å². The molecule has 1 heterocycles. The van der Waals surface area contributed by atoms with Crippen molar-refractivity contribution < 1.29 is 14.4 Å². The highest BCUT2D eigenvalue weighted by Crippen LogP contribution is 2.19. The van der Waals surface area contributed by atoms with Crippen molar-refractivity contribution in [1.29, 1.82) is 0 Å². The van der Waals surface area contributed by atoms with Crippen LogP contribution in [0.2, 0.25) is 0 Å². The average Bonchev–Trinajstić information content (AvgIpc) is 2.59. The maximum absolute atomic E-state index is 12.6. The Labute approximate surface area is 147 Å². The van der Waals surface area contributed by atoms with Crippen molar-refractivity contribution in [2.24, 2.45) is 5.73 Å². The van der Waals surface area contributed by atoms with Crippen molar-refractivity contribution >= 4 is 23.5 Å². The van der Waals surface area contributed by atoms with Gasteiger partial charge in [-0.05, 0) is 43.4 Å². The van der Waals surface area contributed by atoms with Crippen molar-refractivity contribution in [2.45, 2.75) is 51.6 Å². The van der Waals surface area contributed by atoms with Crippen LogP contribution in [-0.2, 0) is 16.1 Å². The minimum atomic E-state index is -0.631. The number of benzene rings is 1. The Balaban J connectivity index is 1.96. The number of piperidine rings is 1. The van der Waals surface area contributed by atoms with Gasteiger partial charge in [0, 0.05) is 25.2 Å². The van der Waals surface area contributed by atoms with E-state index in [1.807, 2.05) is 13.0 Å². The van der Waals surface area contributed by atoms with Crippen molar-refractivity contribution in [2.75, 3.05) is 11.9 Å². The molecule has 1 unspecified atom stereocenters. The number of nitrogens with two attached hydrogens (primary N) is 1. The molecule has 7 heteroatoms. The predicted octanol–water partition coefficient (Wildman–Crippen LogP) is 1.97. The zero-order valence-corrected chi connectivity index (χ0v) is 14.6. The van der Waals surface area contributed by atoms with E-state index in [0.29, 0.717) is 31.6 Å². The van der Waals surface area contributed by atoms with Gasteiger partial charge in [0.15, 0.2) is 0 Å². The Kier molecular flexibility index (Phi) is 6.80. The van der Waals surface area contributed by atoms with E-state index in [4.69, 9.17) is 5.73 Å². The van der Waals surface area contributed by atoms with Gasteiger partial charge in [0.1, 0.15) is 6.04 Å². The average molecular weight is 346 g/mol. The summed E-state index contributed by atoms with van der Waals surface area (Å²) >= 11 is 0. The number of rotatable bonds is 6. The number of anilines is 1. The van der Waals surface area contributed by atoms with Crippen molar-refractivity contribution in [3.05, 3.63) is 29.8 Å². The monoisotopic (exact) mass is 346 g/mol. The van der Waals surface area contributed by atoms with Crippen LogP contribution in [0, 0.1) is 0 Å². The van der Waals surface area contributed by atoms with Crippen molar-refractivity contribution in [3.8, 4) is 0 Å². The second-order valence-corrected chi connectivity index (χ2v) is 6.26. The van der Waals surface area contributed by atoms with Gasteiger partial charge in [-0.15, -0.1) is 0 Å². The molecule has 136 valence electrons. The molecule has 1 aliphatic rings. The highest BCUT2D eigenvalue weighted by Gasteiger charge is 2.31. The Bertz CT molecular complexity index is 633. The van der Waals surface area contributed by atoms with Gasteiger partial charge in [0.05, 0.1) is 0 Å². The van der Waals surface area contributed by atoms with Crippen LogP contribution in [-0.4, -0.2) is 35.3 Å². The summed E-state index contributed by atoms with van der Waals surface area (Å²) in [5.74, 6) is -0.0765. The second kappa shape index (κ2) is 9.05. The lowest BCUT2D eigenvalue weighted by molar-refractivity contribution is -0.142. The van der Waals surface area contributed by atoms with E-state index in [1.165, 1.54) is 0 Å². The molecule has 0 bridgehead atoms. The summed E-state index contributed by atoms with van der Waals surface area (Å²) in [6.07, 6.45) is 3.85. The van der Waals surface area contributed by atoms with Crippen LogP contribution in [0.4, 0.5) is 10.5 Å². The lowest BCUT2D eigenvalue weighted by atomic mass is 10.0. The third-order valence-corrected chi connectivity index (χ3v) is 4.25. The molecule has 25 heavy (non-hydrogen) atoms. The number of hydrogen-bond donors (Lipinski definition) is 3. The number of likely N-dealkylation sites (tertiary alicyclic amines) is 1. The first-order chi connectivity index (χ1) is 12.0. The highest BCUT2D eigenvalue weighted by atomic mass is 16.2. The van der Waals surface area contributed by atoms with Crippen LogP contribution in [0.25, 0.3) is 0 Å². The first kappa shape index (κ1) is 18.8. The SMILES string of the molecule is CCCC(=O)N1CCCCC1C(=O)NCc1cccc(NC(N)=O)c1. The second-order valence-electron chi connectivity index (χ2n) is 6.26. The van der Waals surface area contributed by atoms with Gasteiger partial charge in [-0.1, -0.05) is 19.1 Å². The maximum atomic E-state index is 12.6. The zero-order valence-electron chi connectivity index (χ0n) is 14.6. The van der Waals surface area contributed by atoms with Crippen LogP contribution in [0.1, 0.15) is 44.6 Å². The molecule has 1 aromatic carbocycles. The molecule has 1 atom stereocenters. The standard InChI is InChI=1S/C18H26N4O3/c1-2-6-16(23)22-10-4-3-9-15(22)17(24)20-12-13-7-5-8-14(11-13)21-18(19)25/h5,7-8,11,15H,2-4,6,9-10,12H2,1H3,(H,20,24)(H3,19,21,25).